The Balaban J connectivity index is 0.000000324. The van der Waals surface area contributed by atoms with Gasteiger partial charge in [0.2, 0.25) is 5.91 Å². The molecular formula is C20H25NO4. The molecule has 0 aliphatic rings. The highest BCUT2D eigenvalue weighted by Gasteiger charge is 2.02. The summed E-state index contributed by atoms with van der Waals surface area (Å²) in [5.74, 6) is 2.11. The zero-order chi connectivity index (χ0) is 18.5. The number of hydrogen-bond acceptors (Lipinski definition) is 4. The third-order valence-electron chi connectivity index (χ3n) is 3.16. The molecule has 0 saturated carbocycles. The van der Waals surface area contributed by atoms with Crippen molar-refractivity contribution in [2.45, 2.75) is 6.92 Å². The Labute approximate surface area is 149 Å². The van der Waals surface area contributed by atoms with Crippen LogP contribution < -0.4 is 19.5 Å². The maximum Gasteiger partial charge on any atom is 0.243 e. The summed E-state index contributed by atoms with van der Waals surface area (Å²) in [7, 11) is 4.83. The summed E-state index contributed by atoms with van der Waals surface area (Å²) >= 11 is 0. The van der Waals surface area contributed by atoms with E-state index < -0.39 is 0 Å². The number of hydrogen-bond donors (Lipinski definition) is 1. The number of benzene rings is 2. The molecule has 5 heteroatoms. The van der Waals surface area contributed by atoms with Crippen LogP contribution >= 0.6 is 0 Å². The van der Waals surface area contributed by atoms with Gasteiger partial charge in [-0.1, -0.05) is 24.3 Å². The van der Waals surface area contributed by atoms with E-state index in [1.54, 1.807) is 33.5 Å². The molecule has 1 amide bonds. The molecule has 25 heavy (non-hydrogen) atoms. The van der Waals surface area contributed by atoms with Crippen molar-refractivity contribution in [3.05, 3.63) is 60.2 Å². The van der Waals surface area contributed by atoms with E-state index in [1.165, 1.54) is 6.08 Å². The van der Waals surface area contributed by atoms with E-state index in [2.05, 4.69) is 5.32 Å². The molecule has 0 bridgehead atoms. The Kier molecular flexibility index (Phi) is 9.30. The molecule has 0 spiro atoms. The number of amides is 1. The fourth-order valence-electron chi connectivity index (χ4n) is 1.92. The molecular weight excluding hydrogens is 318 g/mol. The molecule has 0 aromatic heterocycles. The van der Waals surface area contributed by atoms with Crippen LogP contribution in [0, 0.1) is 0 Å². The number of nitrogens with one attached hydrogen (secondary N) is 1. The monoisotopic (exact) mass is 343 g/mol. The average molecular weight is 343 g/mol. The number of carbonyl (C=O) groups is 1. The highest BCUT2D eigenvalue weighted by molar-refractivity contribution is 5.91. The second-order valence-corrected chi connectivity index (χ2v) is 4.86. The summed E-state index contributed by atoms with van der Waals surface area (Å²) in [4.78, 5) is 11.2. The molecule has 1 N–H and O–H groups in total. The first kappa shape index (κ1) is 20.1. The van der Waals surface area contributed by atoms with Crippen LogP contribution in [0.1, 0.15) is 12.5 Å². The largest absolute Gasteiger partial charge is 0.497 e. The van der Waals surface area contributed by atoms with Crippen molar-refractivity contribution < 1.29 is 19.0 Å². The zero-order valence-corrected chi connectivity index (χ0v) is 15.1. The van der Waals surface area contributed by atoms with Crippen LogP contribution in [0.4, 0.5) is 0 Å². The van der Waals surface area contributed by atoms with Crippen molar-refractivity contribution in [3.8, 4) is 17.2 Å². The van der Waals surface area contributed by atoms with Crippen LogP contribution in [-0.2, 0) is 4.79 Å². The van der Waals surface area contributed by atoms with Crippen LogP contribution in [0.15, 0.2) is 54.6 Å². The predicted octanol–water partition coefficient (Wildman–Crippen LogP) is 3.55. The van der Waals surface area contributed by atoms with E-state index in [0.717, 1.165) is 11.3 Å². The minimum absolute atomic E-state index is 0.109. The third-order valence-corrected chi connectivity index (χ3v) is 3.16. The first-order valence-electron chi connectivity index (χ1n) is 7.91. The van der Waals surface area contributed by atoms with Gasteiger partial charge in [-0.2, -0.15) is 0 Å². The lowest BCUT2D eigenvalue weighted by atomic mass is 10.2. The Bertz CT molecular complexity index is 669. The van der Waals surface area contributed by atoms with E-state index in [1.807, 2.05) is 49.4 Å². The van der Waals surface area contributed by atoms with Gasteiger partial charge in [0.1, 0.15) is 5.75 Å². The average Bonchev–Trinajstić information content (AvgIpc) is 2.67. The van der Waals surface area contributed by atoms with E-state index in [9.17, 15) is 4.79 Å². The number of likely N-dealkylation sites (N-methyl/N-ethyl adjacent to an activating group) is 1. The molecule has 2 rings (SSSR count). The maximum absolute atomic E-state index is 11.2. The van der Waals surface area contributed by atoms with Gasteiger partial charge in [-0.3, -0.25) is 4.79 Å². The van der Waals surface area contributed by atoms with Crippen molar-refractivity contribution in [1.29, 1.82) is 0 Å². The van der Waals surface area contributed by atoms with Gasteiger partial charge >= 0.3 is 0 Å². The van der Waals surface area contributed by atoms with Crippen molar-refractivity contribution >= 4 is 12.0 Å². The van der Waals surface area contributed by atoms with Crippen LogP contribution in [0.25, 0.3) is 6.08 Å². The molecule has 0 radical (unpaired) electrons. The number of carbonyl (C=O) groups excluding carboxylic acids is 1. The molecule has 0 saturated heterocycles. The lowest BCUT2D eigenvalue weighted by Gasteiger charge is -2.07. The Morgan fingerprint density at radius 1 is 0.960 bits per heavy atom. The number of methoxy groups -OCH3 is 3. The third kappa shape index (κ3) is 7.44. The number of para-hydroxylation sites is 1. The van der Waals surface area contributed by atoms with Crippen LogP contribution in [0.5, 0.6) is 17.2 Å². The van der Waals surface area contributed by atoms with E-state index in [0.29, 0.717) is 18.0 Å². The first-order valence-corrected chi connectivity index (χ1v) is 7.91. The Morgan fingerprint density at radius 3 is 2.16 bits per heavy atom. The topological polar surface area (TPSA) is 56.8 Å². The van der Waals surface area contributed by atoms with E-state index >= 15 is 0 Å². The SMILES string of the molecule is CCNC(=O)/C=C/c1ccc(OC)c(OC)c1.COc1ccccc1. The summed E-state index contributed by atoms with van der Waals surface area (Å²) in [5.41, 5.74) is 0.883. The van der Waals surface area contributed by atoms with Gasteiger partial charge in [0.05, 0.1) is 21.3 Å². The standard InChI is InChI=1S/C13H17NO3.C7H8O/c1-4-14-13(15)8-6-10-5-7-11(16-2)12(9-10)17-3;1-8-7-5-3-2-4-6-7/h5-9H,4H2,1-3H3,(H,14,15);2-6H,1H3/b8-6+;. The fourth-order valence-corrected chi connectivity index (χ4v) is 1.92. The van der Waals surface area contributed by atoms with Gasteiger partial charge in [-0.25, -0.2) is 0 Å². The smallest absolute Gasteiger partial charge is 0.243 e. The number of ether oxygens (including phenoxy) is 3. The lowest BCUT2D eigenvalue weighted by Crippen LogP contribution is -2.19. The second-order valence-electron chi connectivity index (χ2n) is 4.86. The Hall–Kier alpha value is -2.95. The molecule has 0 aliphatic heterocycles. The maximum atomic E-state index is 11.2. The molecule has 0 atom stereocenters. The fraction of sp³-hybridized carbons (Fsp3) is 0.250. The molecule has 0 heterocycles. The van der Waals surface area contributed by atoms with Crippen LogP contribution in [0.3, 0.4) is 0 Å². The van der Waals surface area contributed by atoms with Crippen molar-refractivity contribution in [2.24, 2.45) is 0 Å². The van der Waals surface area contributed by atoms with E-state index in [4.69, 9.17) is 14.2 Å². The van der Waals surface area contributed by atoms with Gasteiger partial charge in [-0.15, -0.1) is 0 Å². The second kappa shape index (κ2) is 11.6. The first-order chi connectivity index (χ1) is 12.1. The van der Waals surface area contributed by atoms with Gasteiger partial charge in [0.25, 0.3) is 0 Å². The number of rotatable bonds is 6. The van der Waals surface area contributed by atoms with Crippen molar-refractivity contribution in [2.75, 3.05) is 27.9 Å². The van der Waals surface area contributed by atoms with Gasteiger partial charge in [-0.05, 0) is 42.8 Å². The molecule has 2 aromatic carbocycles. The molecule has 0 unspecified atom stereocenters. The molecule has 2 aromatic rings. The Morgan fingerprint density at radius 2 is 1.64 bits per heavy atom. The summed E-state index contributed by atoms with van der Waals surface area (Å²) in [6.45, 7) is 2.50. The molecule has 0 fully saturated rings. The highest BCUT2D eigenvalue weighted by atomic mass is 16.5. The summed E-state index contributed by atoms with van der Waals surface area (Å²) in [6.07, 6.45) is 3.22. The van der Waals surface area contributed by atoms with Gasteiger partial charge in [0, 0.05) is 12.6 Å². The van der Waals surface area contributed by atoms with Crippen LogP contribution in [0.2, 0.25) is 0 Å². The summed E-state index contributed by atoms with van der Waals surface area (Å²) in [6, 6.07) is 15.2. The minimum atomic E-state index is -0.109. The highest BCUT2D eigenvalue weighted by Crippen LogP contribution is 2.27. The lowest BCUT2D eigenvalue weighted by molar-refractivity contribution is -0.116. The van der Waals surface area contributed by atoms with Crippen LogP contribution in [-0.4, -0.2) is 33.8 Å². The predicted molar refractivity (Wildman–Crippen MR) is 100 cm³/mol. The summed E-state index contributed by atoms with van der Waals surface area (Å²) in [5, 5.41) is 2.69. The molecule has 134 valence electrons. The van der Waals surface area contributed by atoms with Crippen molar-refractivity contribution in [3.63, 3.8) is 0 Å². The van der Waals surface area contributed by atoms with Gasteiger partial charge in [0.15, 0.2) is 11.5 Å². The van der Waals surface area contributed by atoms with E-state index in [-0.39, 0.29) is 5.91 Å². The molecule has 5 nitrogen and oxygen atoms in total. The normalized spacial score (nSPS) is 9.76. The summed E-state index contributed by atoms with van der Waals surface area (Å²) < 4.78 is 15.2. The van der Waals surface area contributed by atoms with Gasteiger partial charge < -0.3 is 19.5 Å². The zero-order valence-electron chi connectivity index (χ0n) is 15.1. The minimum Gasteiger partial charge on any atom is -0.497 e. The van der Waals surface area contributed by atoms with Crippen molar-refractivity contribution in [1.82, 2.24) is 5.32 Å². The molecule has 0 aliphatic carbocycles. The quantitative estimate of drug-likeness (QED) is 0.815.